The number of hydrogen-bond donors (Lipinski definition) is 2. The number of alkyl halides is 3. The Labute approximate surface area is 135 Å². The van der Waals surface area contributed by atoms with E-state index in [4.69, 9.17) is 0 Å². The molecule has 2 aliphatic rings. The average Bonchev–Trinajstić information content (AvgIpc) is 2.49. The van der Waals surface area contributed by atoms with Crippen LogP contribution in [0, 0.1) is 5.92 Å². The first kappa shape index (κ1) is 18.5. The number of amides is 1. The van der Waals surface area contributed by atoms with E-state index in [0.717, 1.165) is 25.8 Å². The Bertz CT molecular complexity index is 420. The Hall–Kier alpha value is -0.820. The van der Waals surface area contributed by atoms with E-state index in [2.05, 4.69) is 24.2 Å². The quantitative estimate of drug-likeness (QED) is 0.832. The second-order valence-corrected chi connectivity index (χ2v) is 7.08. The summed E-state index contributed by atoms with van der Waals surface area (Å²) in [6, 6.07) is 0.131. The van der Waals surface area contributed by atoms with Crippen LogP contribution in [0.15, 0.2) is 0 Å². The molecule has 134 valence electrons. The highest BCUT2D eigenvalue weighted by Gasteiger charge is 2.54. The predicted molar refractivity (Wildman–Crippen MR) is 80.8 cm³/mol. The highest BCUT2D eigenvalue weighted by molar-refractivity contribution is 5.79. The fourth-order valence-electron chi connectivity index (χ4n) is 3.73. The molecule has 2 N–H and O–H groups in total. The average molecular weight is 336 g/mol. The number of carbonyl (C=O) groups excluding carboxylic acids is 1. The Morgan fingerprint density at radius 3 is 2.43 bits per heavy atom. The molecule has 1 saturated heterocycles. The lowest BCUT2D eigenvalue weighted by atomic mass is 9.81. The zero-order chi connectivity index (χ0) is 17.3. The Kier molecular flexibility index (Phi) is 5.61. The predicted octanol–water partition coefficient (Wildman–Crippen LogP) is 2.46. The summed E-state index contributed by atoms with van der Waals surface area (Å²) in [7, 11) is 2.06. The van der Waals surface area contributed by atoms with E-state index >= 15 is 0 Å². The van der Waals surface area contributed by atoms with Crippen LogP contribution in [0.1, 0.15) is 51.9 Å². The van der Waals surface area contributed by atoms with Gasteiger partial charge < -0.3 is 15.3 Å². The fourth-order valence-corrected chi connectivity index (χ4v) is 3.73. The van der Waals surface area contributed by atoms with Crippen molar-refractivity contribution in [2.45, 2.75) is 75.7 Å². The van der Waals surface area contributed by atoms with Gasteiger partial charge in [-0.1, -0.05) is 6.92 Å². The van der Waals surface area contributed by atoms with Crippen LogP contribution in [-0.4, -0.2) is 53.4 Å². The standard InChI is InChI=1S/C16H27F3N2O2/c1-3-13-10-11(6-9-21(13)2)14(22)20-12-4-7-15(23,8-5-12)16(17,18)19/h11-13,23H,3-10H2,1-2H3,(H,20,22). The molecular formula is C16H27F3N2O2. The van der Waals surface area contributed by atoms with Crippen molar-refractivity contribution in [2.24, 2.45) is 5.92 Å². The van der Waals surface area contributed by atoms with Crippen molar-refractivity contribution in [1.29, 1.82) is 0 Å². The number of likely N-dealkylation sites (tertiary alicyclic amines) is 1. The Morgan fingerprint density at radius 1 is 1.30 bits per heavy atom. The third-order valence-electron chi connectivity index (χ3n) is 5.54. The van der Waals surface area contributed by atoms with Gasteiger partial charge in [0.05, 0.1) is 0 Å². The summed E-state index contributed by atoms with van der Waals surface area (Å²) in [6.45, 7) is 2.97. The van der Waals surface area contributed by atoms with Crippen LogP contribution < -0.4 is 5.32 Å². The molecule has 1 amide bonds. The van der Waals surface area contributed by atoms with Gasteiger partial charge in [-0.05, 0) is 58.5 Å². The number of nitrogens with one attached hydrogen (secondary N) is 1. The Morgan fingerprint density at radius 2 is 1.91 bits per heavy atom. The molecule has 2 fully saturated rings. The number of hydrogen-bond acceptors (Lipinski definition) is 3. The van der Waals surface area contributed by atoms with Crippen molar-refractivity contribution in [2.75, 3.05) is 13.6 Å². The molecule has 1 saturated carbocycles. The van der Waals surface area contributed by atoms with E-state index in [0.29, 0.717) is 6.04 Å². The van der Waals surface area contributed by atoms with E-state index in [1.54, 1.807) is 0 Å². The maximum Gasteiger partial charge on any atom is 0.417 e. The molecule has 2 atom stereocenters. The van der Waals surface area contributed by atoms with E-state index in [-0.39, 0.29) is 43.6 Å². The summed E-state index contributed by atoms with van der Waals surface area (Å²) in [5, 5.41) is 12.6. The maximum atomic E-state index is 12.8. The van der Waals surface area contributed by atoms with Crippen molar-refractivity contribution in [3.8, 4) is 0 Å². The first-order valence-corrected chi connectivity index (χ1v) is 8.46. The molecule has 0 spiro atoms. The van der Waals surface area contributed by atoms with Gasteiger partial charge in [-0.2, -0.15) is 13.2 Å². The normalized spacial score (nSPS) is 36.7. The number of aliphatic hydroxyl groups is 1. The van der Waals surface area contributed by atoms with Crippen molar-refractivity contribution >= 4 is 5.91 Å². The molecule has 2 rings (SSSR count). The highest BCUT2D eigenvalue weighted by Crippen LogP contribution is 2.41. The molecule has 0 aromatic rings. The molecule has 4 nitrogen and oxygen atoms in total. The lowest BCUT2D eigenvalue weighted by Gasteiger charge is -2.39. The second-order valence-electron chi connectivity index (χ2n) is 7.08. The van der Waals surface area contributed by atoms with Gasteiger partial charge in [0.1, 0.15) is 0 Å². The molecule has 0 radical (unpaired) electrons. The molecule has 0 aromatic heterocycles. The smallest absolute Gasteiger partial charge is 0.380 e. The van der Waals surface area contributed by atoms with Crippen LogP contribution in [0.5, 0.6) is 0 Å². The highest BCUT2D eigenvalue weighted by atomic mass is 19.4. The molecule has 1 heterocycles. The van der Waals surface area contributed by atoms with Crippen LogP contribution >= 0.6 is 0 Å². The summed E-state index contributed by atoms with van der Waals surface area (Å²) in [6.07, 6.45) is -2.35. The zero-order valence-electron chi connectivity index (χ0n) is 13.8. The second kappa shape index (κ2) is 6.97. The third kappa shape index (κ3) is 4.18. The van der Waals surface area contributed by atoms with Gasteiger partial charge in [-0.15, -0.1) is 0 Å². The van der Waals surface area contributed by atoms with Gasteiger partial charge in [-0.3, -0.25) is 4.79 Å². The lowest BCUT2D eigenvalue weighted by Crippen LogP contribution is -2.52. The zero-order valence-corrected chi connectivity index (χ0v) is 13.8. The van der Waals surface area contributed by atoms with Crippen molar-refractivity contribution in [3.63, 3.8) is 0 Å². The minimum atomic E-state index is -4.59. The molecule has 0 aromatic carbocycles. The summed E-state index contributed by atoms with van der Waals surface area (Å²) < 4.78 is 38.3. The van der Waals surface area contributed by atoms with Gasteiger partial charge in [0.15, 0.2) is 5.60 Å². The number of carbonyl (C=O) groups is 1. The topological polar surface area (TPSA) is 52.6 Å². The fraction of sp³-hybridized carbons (Fsp3) is 0.938. The number of rotatable bonds is 3. The molecule has 2 unspecified atom stereocenters. The van der Waals surface area contributed by atoms with Crippen LogP contribution in [0.3, 0.4) is 0 Å². The van der Waals surface area contributed by atoms with Crippen LogP contribution in [0.2, 0.25) is 0 Å². The molecule has 0 bridgehead atoms. The van der Waals surface area contributed by atoms with Gasteiger partial charge in [0.2, 0.25) is 5.91 Å². The first-order valence-electron chi connectivity index (χ1n) is 8.46. The summed E-state index contributed by atoms with van der Waals surface area (Å²) >= 11 is 0. The minimum Gasteiger partial charge on any atom is -0.380 e. The van der Waals surface area contributed by atoms with Crippen molar-refractivity contribution in [3.05, 3.63) is 0 Å². The van der Waals surface area contributed by atoms with Crippen molar-refractivity contribution in [1.82, 2.24) is 10.2 Å². The van der Waals surface area contributed by atoms with E-state index in [9.17, 15) is 23.1 Å². The van der Waals surface area contributed by atoms with Crippen molar-refractivity contribution < 1.29 is 23.1 Å². The minimum absolute atomic E-state index is 0.0426. The summed E-state index contributed by atoms with van der Waals surface area (Å²) in [5.41, 5.74) is -2.59. The third-order valence-corrected chi connectivity index (χ3v) is 5.54. The SMILES string of the molecule is CCC1CC(C(=O)NC2CCC(O)(C(F)(F)F)CC2)CCN1C. The maximum absolute atomic E-state index is 12.8. The van der Waals surface area contributed by atoms with Crippen LogP contribution in [0.4, 0.5) is 13.2 Å². The van der Waals surface area contributed by atoms with E-state index in [1.165, 1.54) is 0 Å². The molecule has 23 heavy (non-hydrogen) atoms. The monoisotopic (exact) mass is 336 g/mol. The van der Waals surface area contributed by atoms with E-state index < -0.39 is 11.8 Å². The van der Waals surface area contributed by atoms with E-state index in [1.807, 2.05) is 0 Å². The van der Waals surface area contributed by atoms with Crippen LogP contribution in [-0.2, 0) is 4.79 Å². The van der Waals surface area contributed by atoms with Crippen LogP contribution in [0.25, 0.3) is 0 Å². The molecule has 1 aliphatic carbocycles. The molecular weight excluding hydrogens is 309 g/mol. The summed E-state index contributed by atoms with van der Waals surface area (Å²) in [4.78, 5) is 14.6. The first-order chi connectivity index (χ1) is 10.7. The molecule has 7 heteroatoms. The van der Waals surface area contributed by atoms with Gasteiger partial charge in [0, 0.05) is 18.0 Å². The summed E-state index contributed by atoms with van der Waals surface area (Å²) in [5.74, 6) is -0.0985. The number of piperidine rings is 1. The number of halogens is 3. The largest absolute Gasteiger partial charge is 0.417 e. The van der Waals surface area contributed by atoms with Gasteiger partial charge in [0.25, 0.3) is 0 Å². The van der Waals surface area contributed by atoms with Gasteiger partial charge in [-0.25, -0.2) is 0 Å². The molecule has 1 aliphatic heterocycles. The Balaban J connectivity index is 1.83. The number of nitrogens with zero attached hydrogens (tertiary/aromatic N) is 1. The van der Waals surface area contributed by atoms with Gasteiger partial charge >= 0.3 is 6.18 Å². The lowest BCUT2D eigenvalue weighted by molar-refractivity contribution is -0.270.